The highest BCUT2D eigenvalue weighted by molar-refractivity contribution is 8.76. The van der Waals surface area contributed by atoms with Crippen LogP contribution in [-0.2, 0) is 96.0 Å². The number of nitrogens with zero attached hydrogens (tertiary/aromatic N) is 1. The Morgan fingerprint density at radius 3 is 1.67 bits per heavy atom. The molecule has 2 fully saturated rings. The van der Waals surface area contributed by atoms with E-state index in [4.69, 9.17) is 0 Å². The smallest absolute Gasteiger partial charge is 0.305 e. The van der Waals surface area contributed by atoms with Crippen molar-refractivity contribution in [2.24, 2.45) is 5.92 Å². The average Bonchev–Trinajstić information content (AvgIpc) is 1.79. The predicted molar refractivity (Wildman–Crippen MR) is 395 cm³/mol. The van der Waals surface area contributed by atoms with Crippen molar-refractivity contribution in [3.8, 4) is 22.6 Å². The quantitative estimate of drug-likeness (QED) is 0.0273. The summed E-state index contributed by atoms with van der Waals surface area (Å²) in [7, 11) is 2.65. The minimum atomic E-state index is -2.10. The van der Waals surface area contributed by atoms with Crippen LogP contribution in [0.4, 0.5) is 0 Å². The Bertz CT molecular complexity index is 3930. The molecule has 0 saturated carbocycles. The first-order valence-electron chi connectivity index (χ1n) is 34.8. The van der Waals surface area contributed by atoms with Crippen LogP contribution in [0.15, 0.2) is 103 Å². The van der Waals surface area contributed by atoms with E-state index in [0.717, 1.165) is 51.5 Å². The summed E-state index contributed by atoms with van der Waals surface area (Å²) in [6, 6.07) is 7.93. The molecule has 37 heteroatoms. The highest BCUT2D eigenvalue weighted by Crippen LogP contribution is 2.27. The fraction of sp³-hybridized carbons (Fsp3) is 0.444. The first-order chi connectivity index (χ1) is 51.7. The van der Waals surface area contributed by atoms with Gasteiger partial charge in [-0.05, 0) is 84.2 Å². The van der Waals surface area contributed by atoms with Gasteiger partial charge in [0.1, 0.15) is 78.0 Å². The van der Waals surface area contributed by atoms with Crippen LogP contribution in [0.1, 0.15) is 83.4 Å². The number of rotatable bonds is 27. The van der Waals surface area contributed by atoms with Crippen LogP contribution in [0.3, 0.4) is 0 Å². The van der Waals surface area contributed by atoms with Gasteiger partial charge in [0.2, 0.25) is 82.7 Å². The molecule has 109 heavy (non-hydrogen) atoms. The molecule has 2 unspecified atom stereocenters. The highest BCUT2D eigenvalue weighted by atomic mass is 33.1. The van der Waals surface area contributed by atoms with Gasteiger partial charge in [0.05, 0.1) is 25.5 Å². The second-order valence-electron chi connectivity index (χ2n) is 26.4. The molecule has 12 atom stereocenters. The number of amides is 14. The van der Waals surface area contributed by atoms with Crippen molar-refractivity contribution in [3.05, 3.63) is 120 Å². The number of carbonyl (C=O) groups excluding carboxylic acids is 14. The molecule has 0 aromatic heterocycles. The van der Waals surface area contributed by atoms with Crippen LogP contribution < -0.4 is 69.1 Å². The van der Waals surface area contributed by atoms with E-state index in [1.807, 2.05) is 30.3 Å². The lowest BCUT2D eigenvalue weighted by molar-refractivity contribution is -0.143. The van der Waals surface area contributed by atoms with E-state index in [-0.39, 0.29) is 68.2 Å². The normalized spacial score (nSPS) is 20.5. The number of aromatic hydroxyl groups is 2. The molecule has 0 bridgehead atoms. The number of aliphatic hydroxyl groups excluding tert-OH is 1. The van der Waals surface area contributed by atoms with Gasteiger partial charge >= 0.3 is 11.9 Å². The minimum Gasteiger partial charge on any atom is -0.508 e. The minimum absolute atomic E-state index is 0.00297. The molecule has 14 amide bonds. The summed E-state index contributed by atoms with van der Waals surface area (Å²) < 4.78 is 0. The van der Waals surface area contributed by atoms with Gasteiger partial charge in [0.25, 0.3) is 0 Å². The van der Waals surface area contributed by atoms with E-state index >= 15 is 9.59 Å². The SMILES string of the molecule is CNC(=O)[C@H](CC(=O)O)NC(=O)[C@H](Cc1ccc(-c2ccccc2)cc1)NC(=O)[C@@H]1CSSC[C@H](NC(=O)[C@@H]2CCCN2C(=O)[C@H](CC(C)C)NC(=O)C(CNC(C)=O)NC(C)=O)C(=O)N[C@@H](CC(=O)O)C(=O)N[C@@H](Cc2ccc(O)cc2)C(=O)N[C@@H](Cc2ccc(O)cc2)C(=O)NCC(=O)N[C@@H](C(C)O)C(=O)N1. The molecule has 2 saturated heterocycles. The topological polar surface area (TPSA) is 534 Å². The lowest BCUT2D eigenvalue weighted by Crippen LogP contribution is -2.61. The molecule has 0 radical (unpaired) electrons. The van der Waals surface area contributed by atoms with E-state index in [1.165, 1.54) is 62.5 Å². The maximum absolute atomic E-state index is 15.0. The first kappa shape index (κ1) is 86.6. The van der Waals surface area contributed by atoms with Crippen molar-refractivity contribution in [1.29, 1.82) is 0 Å². The average molecular weight is 1550 g/mol. The molecule has 2 aliphatic rings. The fourth-order valence-electron chi connectivity index (χ4n) is 11.6. The van der Waals surface area contributed by atoms with E-state index in [1.54, 1.807) is 38.1 Å². The zero-order chi connectivity index (χ0) is 80.2. The Balaban J connectivity index is 1.44. The van der Waals surface area contributed by atoms with Crippen molar-refractivity contribution in [2.45, 2.75) is 159 Å². The van der Waals surface area contributed by atoms with Crippen molar-refractivity contribution >= 4 is 116 Å². The number of likely N-dealkylation sites (tertiary alicyclic amines) is 1. The number of likely N-dealkylation sites (N-methyl/N-ethyl adjacent to an activating group) is 1. The van der Waals surface area contributed by atoms with Crippen molar-refractivity contribution < 1.29 is 102 Å². The second kappa shape index (κ2) is 42.3. The van der Waals surface area contributed by atoms with E-state index < -0.39 is 205 Å². The summed E-state index contributed by atoms with van der Waals surface area (Å²) in [6.07, 6.45) is -4.85. The Hall–Kier alpha value is -11.3. The number of nitrogens with one attached hydrogen (secondary N) is 13. The summed E-state index contributed by atoms with van der Waals surface area (Å²) in [5.41, 5.74) is 2.60. The maximum atomic E-state index is 15.0. The van der Waals surface area contributed by atoms with Crippen LogP contribution in [-0.4, -0.2) is 236 Å². The number of hydrogen-bond acceptors (Lipinski definition) is 21. The Labute approximate surface area is 634 Å². The number of phenolic OH excluding ortho intramolecular Hbond substituents is 2. The van der Waals surface area contributed by atoms with Crippen molar-refractivity contribution in [2.75, 3.05) is 38.2 Å². The number of carbonyl (C=O) groups is 16. The van der Waals surface area contributed by atoms with Gasteiger partial charge < -0.3 is 99.6 Å². The summed E-state index contributed by atoms with van der Waals surface area (Å²) in [5, 5.41) is 83.3. The largest absolute Gasteiger partial charge is 0.508 e. The molecule has 0 aliphatic carbocycles. The zero-order valence-electron chi connectivity index (χ0n) is 60.5. The van der Waals surface area contributed by atoms with Gasteiger partial charge in [0.15, 0.2) is 0 Å². The van der Waals surface area contributed by atoms with E-state index in [2.05, 4.69) is 69.1 Å². The molecule has 6 rings (SSSR count). The van der Waals surface area contributed by atoms with E-state index in [0.29, 0.717) is 11.1 Å². The molecule has 2 aliphatic heterocycles. The monoisotopic (exact) mass is 1550 g/mol. The summed E-state index contributed by atoms with van der Waals surface area (Å²) in [4.78, 5) is 223. The van der Waals surface area contributed by atoms with Crippen LogP contribution in [0, 0.1) is 5.92 Å². The van der Waals surface area contributed by atoms with Crippen LogP contribution in [0.2, 0.25) is 0 Å². The van der Waals surface area contributed by atoms with Gasteiger partial charge in [0, 0.05) is 64.8 Å². The molecule has 2 heterocycles. The number of aliphatic carboxylic acids is 2. The third-order valence-corrected chi connectivity index (χ3v) is 19.6. The number of carboxylic acids is 2. The number of hydrogen-bond donors (Lipinski definition) is 18. The molecule has 18 N–H and O–H groups in total. The van der Waals surface area contributed by atoms with Crippen LogP contribution in [0.25, 0.3) is 11.1 Å². The number of benzene rings is 4. The third-order valence-electron chi connectivity index (χ3n) is 17.2. The van der Waals surface area contributed by atoms with Crippen LogP contribution in [0.5, 0.6) is 11.5 Å². The van der Waals surface area contributed by atoms with Gasteiger partial charge in [-0.1, -0.05) is 114 Å². The lowest BCUT2D eigenvalue weighted by atomic mass is 9.99. The molecule has 588 valence electrons. The maximum Gasteiger partial charge on any atom is 0.305 e. The van der Waals surface area contributed by atoms with Crippen molar-refractivity contribution in [3.63, 3.8) is 0 Å². The standard InChI is InChI=1S/C72H92N14O21S2/c1-37(2)27-53(82-67(102)54(76-40(5)89)33-74-39(4)88)72(107)86-26-10-13-57(86)70(105)83-55-35-108-109-36-56(69(104)79-50(65(100)80-51(31-59(93)94)62(97)73-6)29-41-14-20-45(21-15-41)44-11-8-7-9-12-44)84-71(106)61(38(3)87)85-58(92)34-75-63(98)48(28-42-16-22-46(90)23-17-42)77-64(99)49(30-43-18-24-47(91)25-19-43)78-66(101)52(32-60(95)96)81-68(55)103/h7-9,11-12,14-25,37-38,48-57,61,87,90-91H,10,13,26-36H2,1-6H3,(H,73,97)(H,74,88)(H,75,98)(H,76,89)(H,77,99)(H,78,101)(H,79,104)(H,80,100)(H,81,103)(H,82,102)(H,83,105)(H,84,106)(H,85,92)(H,93,94)(H,95,96)/t38?,48-,49-,50-,51-,52-,53-,54?,55-,56-,57-,61-/m0/s1. The van der Waals surface area contributed by atoms with Gasteiger partial charge in [-0.15, -0.1) is 0 Å². The van der Waals surface area contributed by atoms with Crippen molar-refractivity contribution in [1.82, 2.24) is 74.0 Å². The van der Waals surface area contributed by atoms with E-state index in [9.17, 15) is 92.7 Å². The van der Waals surface area contributed by atoms with Gasteiger partial charge in [-0.2, -0.15) is 0 Å². The first-order valence-corrected chi connectivity index (χ1v) is 37.3. The van der Waals surface area contributed by atoms with Gasteiger partial charge in [-0.25, -0.2) is 0 Å². The molecule has 4 aromatic rings. The number of aliphatic hydroxyl groups is 1. The van der Waals surface area contributed by atoms with Crippen LogP contribution >= 0.6 is 21.6 Å². The third kappa shape index (κ3) is 28.1. The van der Waals surface area contributed by atoms with Gasteiger partial charge in [-0.3, -0.25) is 76.7 Å². The fourth-order valence-corrected chi connectivity index (χ4v) is 13.9. The molecule has 0 spiro atoms. The molecular formula is C72H92N14O21S2. The Kier molecular flexibility index (Phi) is 33.6. The summed E-state index contributed by atoms with van der Waals surface area (Å²) in [5.74, 6) is -19.0. The zero-order valence-corrected chi connectivity index (χ0v) is 62.2. The number of carboxylic acid groups (broad SMARTS) is 2. The Morgan fingerprint density at radius 1 is 0.560 bits per heavy atom. The predicted octanol–water partition coefficient (Wildman–Crippen LogP) is -2.58. The molecule has 35 nitrogen and oxygen atoms in total. The lowest BCUT2D eigenvalue weighted by Gasteiger charge is -2.31. The highest BCUT2D eigenvalue weighted by Gasteiger charge is 2.42. The summed E-state index contributed by atoms with van der Waals surface area (Å²) in [6.45, 7) is 5.53. The molecular weight excluding hydrogens is 1460 g/mol. The summed E-state index contributed by atoms with van der Waals surface area (Å²) >= 11 is 0. The molecule has 4 aromatic carbocycles. The second-order valence-corrected chi connectivity index (χ2v) is 28.9. The Morgan fingerprint density at radius 2 is 1.11 bits per heavy atom. The number of phenols is 2.